The summed E-state index contributed by atoms with van der Waals surface area (Å²) in [7, 11) is 0. The van der Waals surface area contributed by atoms with Crippen LogP contribution >= 0.6 is 23.1 Å². The van der Waals surface area contributed by atoms with Crippen LogP contribution in [-0.4, -0.2) is 22.0 Å². The molecule has 0 radical (unpaired) electrons. The molecule has 4 atom stereocenters. The Morgan fingerprint density at radius 3 is 2.44 bits per heavy atom. The van der Waals surface area contributed by atoms with Gasteiger partial charge in [0, 0.05) is 5.25 Å². The third-order valence-corrected chi connectivity index (χ3v) is 9.10. The number of hydrogen-bond donors (Lipinski definition) is 0. The number of aromatic nitrogens is 1. The zero-order valence-corrected chi connectivity index (χ0v) is 16.5. The molecule has 3 aliphatic carbocycles. The van der Waals surface area contributed by atoms with Crippen molar-refractivity contribution in [2.24, 2.45) is 23.7 Å². The van der Waals surface area contributed by atoms with Gasteiger partial charge in [0.25, 0.3) is 0 Å². The molecule has 0 N–H and O–H groups in total. The lowest BCUT2D eigenvalue weighted by molar-refractivity contribution is -0.123. The van der Waals surface area contributed by atoms with Gasteiger partial charge in [-0.3, -0.25) is 9.59 Å². The Labute approximate surface area is 166 Å². The average molecular weight is 397 g/mol. The van der Waals surface area contributed by atoms with Crippen molar-refractivity contribution in [3.63, 3.8) is 0 Å². The van der Waals surface area contributed by atoms with Crippen molar-refractivity contribution in [1.29, 1.82) is 0 Å². The molecule has 4 nitrogen and oxygen atoms in total. The second-order valence-corrected chi connectivity index (χ2v) is 10.7. The number of carbonyl (C=O) groups is 2. The Kier molecular flexibility index (Phi) is 3.57. The summed E-state index contributed by atoms with van der Waals surface area (Å²) in [4.78, 5) is 32.2. The smallest absolute Gasteiger partial charge is 0.238 e. The van der Waals surface area contributed by atoms with Gasteiger partial charge < -0.3 is 0 Å². The van der Waals surface area contributed by atoms with Gasteiger partial charge in [-0.25, -0.2) is 9.88 Å². The number of benzene rings is 1. The monoisotopic (exact) mass is 396 g/mol. The minimum Gasteiger partial charge on any atom is -0.274 e. The predicted octanol–water partition coefficient (Wildman–Crippen LogP) is 4.64. The summed E-state index contributed by atoms with van der Waals surface area (Å²) < 4.78 is 2.17. The van der Waals surface area contributed by atoms with Crippen LogP contribution < -0.4 is 4.90 Å². The van der Waals surface area contributed by atoms with E-state index < -0.39 is 0 Å². The van der Waals surface area contributed by atoms with Crippen molar-refractivity contribution < 1.29 is 9.59 Å². The molecule has 4 aliphatic rings. The summed E-state index contributed by atoms with van der Waals surface area (Å²) in [5.74, 6) is 0.208. The maximum Gasteiger partial charge on any atom is 0.238 e. The first-order valence-electron chi connectivity index (χ1n) is 9.82. The number of thioether (sulfide) groups is 1. The lowest BCUT2D eigenvalue weighted by Crippen LogP contribution is -2.32. The van der Waals surface area contributed by atoms with E-state index in [-0.39, 0.29) is 35.5 Å². The van der Waals surface area contributed by atoms with Crippen molar-refractivity contribution in [3.8, 4) is 0 Å². The van der Waals surface area contributed by atoms with Gasteiger partial charge in [-0.15, -0.1) is 11.3 Å². The highest BCUT2D eigenvalue weighted by Gasteiger charge is 2.59. The van der Waals surface area contributed by atoms with Crippen LogP contribution in [0.2, 0.25) is 0 Å². The molecule has 6 heteroatoms. The van der Waals surface area contributed by atoms with E-state index in [0.717, 1.165) is 21.0 Å². The fourth-order valence-corrected chi connectivity index (χ4v) is 7.99. The minimum atomic E-state index is -0.141. The van der Waals surface area contributed by atoms with Gasteiger partial charge in [0.2, 0.25) is 11.8 Å². The topological polar surface area (TPSA) is 50.3 Å². The van der Waals surface area contributed by atoms with Crippen LogP contribution in [0.15, 0.2) is 34.7 Å². The molecule has 1 aliphatic heterocycles. The highest BCUT2D eigenvalue weighted by atomic mass is 32.2. The molecule has 138 valence electrons. The minimum absolute atomic E-state index is 0.00808. The molecule has 27 heavy (non-hydrogen) atoms. The van der Waals surface area contributed by atoms with Gasteiger partial charge in [-0.1, -0.05) is 36.8 Å². The average Bonchev–Trinajstić information content (AvgIpc) is 3.45. The molecule has 6 rings (SSSR count). The van der Waals surface area contributed by atoms with Gasteiger partial charge in [0.05, 0.1) is 27.7 Å². The molecule has 1 aromatic carbocycles. The highest BCUT2D eigenvalue weighted by Crippen LogP contribution is 2.53. The fraction of sp³-hybridized carbons (Fsp3) is 0.476. The Bertz CT molecular complexity index is 961. The number of allylic oxidation sites excluding steroid dienone is 2. The quantitative estimate of drug-likeness (QED) is 0.560. The van der Waals surface area contributed by atoms with E-state index >= 15 is 0 Å². The normalized spacial score (nSPS) is 32.4. The number of carbonyl (C=O) groups excluding carboxylic acids is 2. The zero-order valence-electron chi connectivity index (χ0n) is 14.8. The number of hydrogen-bond acceptors (Lipinski definition) is 5. The summed E-state index contributed by atoms with van der Waals surface area (Å²) in [6.07, 6.45) is 10.5. The molecule has 2 heterocycles. The van der Waals surface area contributed by atoms with Crippen LogP contribution in [0.1, 0.15) is 32.1 Å². The number of amides is 2. The molecule has 0 spiro atoms. The lowest BCUT2D eigenvalue weighted by atomic mass is 9.85. The maximum absolute atomic E-state index is 13.0. The predicted molar refractivity (Wildman–Crippen MR) is 108 cm³/mol. The van der Waals surface area contributed by atoms with Crippen LogP contribution in [0, 0.1) is 23.7 Å². The second kappa shape index (κ2) is 5.92. The van der Waals surface area contributed by atoms with Crippen LogP contribution in [0.3, 0.4) is 0 Å². The molecular formula is C21H20N2O2S2. The van der Waals surface area contributed by atoms with E-state index in [1.165, 1.54) is 30.6 Å². The van der Waals surface area contributed by atoms with Crippen LogP contribution in [0.25, 0.3) is 10.2 Å². The first-order chi connectivity index (χ1) is 13.2. The number of thiazole rings is 1. The molecular weight excluding hydrogens is 376 g/mol. The Hall–Kier alpha value is -1.66. The molecule has 3 fully saturated rings. The fourth-order valence-electron chi connectivity index (χ4n) is 5.39. The summed E-state index contributed by atoms with van der Waals surface area (Å²) in [6, 6.07) is 5.83. The number of fused-ring (bicyclic) bond motifs is 6. The van der Waals surface area contributed by atoms with Crippen molar-refractivity contribution in [1.82, 2.24) is 4.98 Å². The Balaban J connectivity index is 1.31. The molecule has 0 unspecified atom stereocenters. The number of rotatable bonds is 3. The number of imide groups is 1. The first-order valence-corrected chi connectivity index (χ1v) is 11.5. The van der Waals surface area contributed by atoms with Crippen molar-refractivity contribution in [2.45, 2.75) is 41.7 Å². The van der Waals surface area contributed by atoms with E-state index in [1.807, 2.05) is 30.0 Å². The van der Waals surface area contributed by atoms with E-state index in [1.54, 1.807) is 11.3 Å². The summed E-state index contributed by atoms with van der Waals surface area (Å²) in [6.45, 7) is 0. The van der Waals surface area contributed by atoms with Crippen LogP contribution in [0.5, 0.6) is 0 Å². The van der Waals surface area contributed by atoms with Gasteiger partial charge >= 0.3 is 0 Å². The maximum atomic E-state index is 13.0. The third-order valence-electron chi connectivity index (χ3n) is 6.65. The molecule has 2 bridgehead atoms. The second-order valence-electron chi connectivity index (χ2n) is 8.17. The van der Waals surface area contributed by atoms with Crippen LogP contribution in [-0.2, 0) is 9.59 Å². The van der Waals surface area contributed by atoms with Crippen molar-refractivity contribution in [2.75, 3.05) is 4.90 Å². The van der Waals surface area contributed by atoms with E-state index in [2.05, 4.69) is 12.2 Å². The molecule has 1 saturated heterocycles. The Morgan fingerprint density at radius 2 is 1.74 bits per heavy atom. The van der Waals surface area contributed by atoms with Crippen LogP contribution in [0.4, 0.5) is 5.69 Å². The molecule has 1 aromatic heterocycles. The largest absolute Gasteiger partial charge is 0.274 e. The molecule has 2 saturated carbocycles. The standard InChI is InChI=1S/C21H20N2O2S2/c24-19-17-11-5-6-12(9-11)18(17)20(25)23(19)13-7-8-15-16(10-13)27-21(22-15)26-14-3-1-2-4-14/h5-8,10-12,14,17-18H,1-4,9H2/t11-,12-,17+,18+/m0/s1. The SMILES string of the molecule is O=C1[C@H]2[C@H](C(=O)N1c1ccc3nc(SC4CCCC4)sc3c1)[C@H]1C=C[C@H]2C1. The van der Waals surface area contributed by atoms with E-state index in [9.17, 15) is 9.59 Å². The van der Waals surface area contributed by atoms with Gasteiger partial charge in [0.1, 0.15) is 0 Å². The van der Waals surface area contributed by atoms with Crippen molar-refractivity contribution in [3.05, 3.63) is 30.4 Å². The van der Waals surface area contributed by atoms with E-state index in [4.69, 9.17) is 4.98 Å². The van der Waals surface area contributed by atoms with E-state index in [0.29, 0.717) is 10.9 Å². The van der Waals surface area contributed by atoms with Gasteiger partial charge in [0.15, 0.2) is 4.34 Å². The van der Waals surface area contributed by atoms with Gasteiger partial charge in [-0.2, -0.15) is 0 Å². The zero-order chi connectivity index (χ0) is 18.1. The third kappa shape index (κ3) is 2.39. The van der Waals surface area contributed by atoms with Crippen molar-refractivity contribution >= 4 is 50.8 Å². The summed E-state index contributed by atoms with van der Waals surface area (Å²) in [5, 5.41) is 0.689. The van der Waals surface area contributed by atoms with Gasteiger partial charge in [-0.05, 0) is 49.3 Å². The molecule has 2 aromatic rings. The Morgan fingerprint density at radius 1 is 1.04 bits per heavy atom. The molecule has 2 amide bonds. The first kappa shape index (κ1) is 16.3. The number of anilines is 1. The lowest BCUT2D eigenvalue weighted by Gasteiger charge is -2.17. The number of nitrogens with zero attached hydrogens (tertiary/aromatic N) is 2. The summed E-state index contributed by atoms with van der Waals surface area (Å²) >= 11 is 3.57. The highest BCUT2D eigenvalue weighted by molar-refractivity contribution is 8.01. The summed E-state index contributed by atoms with van der Waals surface area (Å²) in [5.41, 5.74) is 1.68.